The van der Waals surface area contributed by atoms with Crippen LogP contribution in [-0.4, -0.2) is 44.2 Å². The van der Waals surface area contributed by atoms with Crippen LogP contribution in [0.3, 0.4) is 0 Å². The summed E-state index contributed by atoms with van der Waals surface area (Å²) in [5.74, 6) is -0.948. The average molecular weight is 413 g/mol. The number of carbonyl (C=O) groups is 2. The lowest BCUT2D eigenvalue weighted by Crippen LogP contribution is -2.50. The Morgan fingerprint density at radius 2 is 1.83 bits per heavy atom. The second-order valence-corrected chi connectivity index (χ2v) is 9.44. The minimum Gasteiger partial charge on any atom is -0.323 e. The van der Waals surface area contributed by atoms with Crippen molar-refractivity contribution in [1.29, 1.82) is 0 Å². The largest absolute Gasteiger partial charge is 0.323 e. The van der Waals surface area contributed by atoms with Crippen LogP contribution in [0.25, 0.3) is 0 Å². The maximum absolute atomic E-state index is 13.2. The number of rotatable bonds is 3. The smallest absolute Gasteiger partial charge is 0.244 e. The van der Waals surface area contributed by atoms with Gasteiger partial charge in [-0.3, -0.25) is 9.59 Å². The van der Waals surface area contributed by atoms with Crippen LogP contribution in [0.2, 0.25) is 0 Å². The summed E-state index contributed by atoms with van der Waals surface area (Å²) >= 11 is 0. The van der Waals surface area contributed by atoms with E-state index in [-0.39, 0.29) is 29.8 Å². The number of nitrogens with one attached hydrogen (secondary N) is 1. The summed E-state index contributed by atoms with van der Waals surface area (Å²) in [4.78, 5) is 27.0. The Kier molecular flexibility index (Phi) is 5.14. The van der Waals surface area contributed by atoms with Crippen LogP contribution in [0.5, 0.6) is 0 Å². The van der Waals surface area contributed by atoms with E-state index in [9.17, 15) is 18.0 Å². The van der Waals surface area contributed by atoms with Crippen molar-refractivity contribution < 1.29 is 18.0 Å². The number of anilines is 2. The van der Waals surface area contributed by atoms with Gasteiger partial charge in [-0.15, -0.1) is 0 Å². The monoisotopic (exact) mass is 413 g/mol. The third-order valence-electron chi connectivity index (χ3n) is 5.43. The van der Waals surface area contributed by atoms with Crippen LogP contribution in [-0.2, 0) is 19.6 Å². The second-order valence-electron chi connectivity index (χ2n) is 7.50. The van der Waals surface area contributed by atoms with Crippen LogP contribution >= 0.6 is 0 Å². The van der Waals surface area contributed by atoms with E-state index in [0.717, 1.165) is 5.56 Å². The van der Waals surface area contributed by atoms with Crippen molar-refractivity contribution in [3.63, 3.8) is 0 Å². The highest BCUT2D eigenvalue weighted by Gasteiger charge is 2.37. The van der Waals surface area contributed by atoms with Gasteiger partial charge in [0.2, 0.25) is 21.8 Å². The number of fused-ring (bicyclic) bond motifs is 1. The molecule has 1 fully saturated rings. The van der Waals surface area contributed by atoms with Gasteiger partial charge >= 0.3 is 0 Å². The molecule has 2 heterocycles. The number of amides is 2. The maximum Gasteiger partial charge on any atom is 0.244 e. The van der Waals surface area contributed by atoms with Crippen LogP contribution in [0.1, 0.15) is 18.4 Å². The Labute approximate surface area is 170 Å². The summed E-state index contributed by atoms with van der Waals surface area (Å²) in [6.45, 7) is 2.35. The van der Waals surface area contributed by atoms with E-state index >= 15 is 0 Å². The lowest BCUT2D eigenvalue weighted by Gasteiger charge is -2.36. The third-order valence-corrected chi connectivity index (χ3v) is 7.31. The molecule has 2 aromatic rings. The maximum atomic E-state index is 13.2. The highest BCUT2D eigenvalue weighted by molar-refractivity contribution is 7.89. The number of piperidine rings is 1. The topological polar surface area (TPSA) is 86.8 Å². The van der Waals surface area contributed by atoms with Crippen molar-refractivity contribution >= 4 is 33.2 Å². The molecule has 1 N–H and O–H groups in total. The normalized spacial score (nSPS) is 20.1. The molecule has 7 nitrogen and oxygen atoms in total. The summed E-state index contributed by atoms with van der Waals surface area (Å²) in [5.41, 5.74) is 2.23. The highest BCUT2D eigenvalue weighted by atomic mass is 32.2. The molecular formula is C21H23N3O4S. The molecule has 152 valence electrons. The summed E-state index contributed by atoms with van der Waals surface area (Å²) in [7, 11) is -3.66. The molecule has 0 aliphatic carbocycles. The fourth-order valence-corrected chi connectivity index (χ4v) is 5.40. The predicted molar refractivity (Wildman–Crippen MR) is 110 cm³/mol. The number of nitrogens with zero attached hydrogens (tertiary/aromatic N) is 2. The summed E-state index contributed by atoms with van der Waals surface area (Å²) in [5, 5.41) is 2.77. The molecular weight excluding hydrogens is 390 g/mol. The van der Waals surface area contributed by atoms with Gasteiger partial charge in [-0.1, -0.05) is 29.8 Å². The van der Waals surface area contributed by atoms with Gasteiger partial charge in [0.15, 0.2) is 0 Å². The van der Waals surface area contributed by atoms with Gasteiger partial charge in [-0.2, -0.15) is 4.31 Å². The lowest BCUT2D eigenvalue weighted by molar-refractivity contribution is -0.125. The first-order valence-electron chi connectivity index (χ1n) is 9.63. The number of sulfonamides is 1. The van der Waals surface area contributed by atoms with Crippen molar-refractivity contribution in [2.45, 2.75) is 24.7 Å². The van der Waals surface area contributed by atoms with Crippen molar-refractivity contribution in [3.05, 3.63) is 54.1 Å². The van der Waals surface area contributed by atoms with Gasteiger partial charge in [0.1, 0.15) is 6.54 Å². The molecule has 0 bridgehead atoms. The molecule has 1 unspecified atom stereocenters. The SMILES string of the molecule is Cc1ccc(S(=O)(=O)N2CCCC(C(=O)N3CC(=O)Nc4ccccc43)C2)cc1. The molecule has 1 atom stereocenters. The van der Waals surface area contributed by atoms with E-state index in [1.165, 1.54) is 9.21 Å². The molecule has 8 heteroatoms. The first-order chi connectivity index (χ1) is 13.9. The van der Waals surface area contributed by atoms with Crippen LogP contribution in [0.4, 0.5) is 11.4 Å². The lowest BCUT2D eigenvalue weighted by atomic mass is 9.97. The average Bonchev–Trinajstić information content (AvgIpc) is 2.73. The molecule has 2 aliphatic heterocycles. The van der Waals surface area contributed by atoms with E-state index < -0.39 is 15.9 Å². The minimum absolute atomic E-state index is 0.0585. The standard InChI is InChI=1S/C21H23N3O4S/c1-15-8-10-17(11-9-15)29(27,28)23-12-4-5-16(13-23)21(26)24-14-20(25)22-18-6-2-3-7-19(18)24/h2-3,6-11,16H,4-5,12-14H2,1H3,(H,22,25). The fraction of sp³-hybridized carbons (Fsp3) is 0.333. The Hall–Kier alpha value is -2.71. The number of para-hydroxylation sites is 2. The van der Waals surface area contributed by atoms with E-state index in [1.54, 1.807) is 42.5 Å². The molecule has 2 amide bonds. The fourth-order valence-electron chi connectivity index (χ4n) is 3.87. The number of carbonyl (C=O) groups excluding carboxylic acids is 2. The van der Waals surface area contributed by atoms with E-state index in [0.29, 0.717) is 30.8 Å². The minimum atomic E-state index is -3.66. The number of benzene rings is 2. The van der Waals surface area contributed by atoms with Gasteiger partial charge in [-0.05, 0) is 44.0 Å². The van der Waals surface area contributed by atoms with Gasteiger partial charge in [0.25, 0.3) is 0 Å². The second kappa shape index (κ2) is 7.61. The van der Waals surface area contributed by atoms with Crippen molar-refractivity contribution in [3.8, 4) is 0 Å². The Bertz CT molecular complexity index is 1050. The first-order valence-corrected chi connectivity index (χ1v) is 11.1. The molecule has 0 aromatic heterocycles. The van der Waals surface area contributed by atoms with Crippen molar-refractivity contribution in [2.75, 3.05) is 29.9 Å². The van der Waals surface area contributed by atoms with E-state index in [4.69, 9.17) is 0 Å². The number of aryl methyl sites for hydroxylation is 1. The van der Waals surface area contributed by atoms with E-state index in [2.05, 4.69) is 5.32 Å². The van der Waals surface area contributed by atoms with Gasteiger partial charge < -0.3 is 10.2 Å². The molecule has 2 aliphatic rings. The number of hydrogen-bond donors (Lipinski definition) is 1. The van der Waals surface area contributed by atoms with Crippen LogP contribution in [0, 0.1) is 12.8 Å². The van der Waals surface area contributed by atoms with Gasteiger partial charge in [0.05, 0.1) is 22.2 Å². The van der Waals surface area contributed by atoms with Gasteiger partial charge in [-0.25, -0.2) is 8.42 Å². The Morgan fingerprint density at radius 1 is 1.10 bits per heavy atom. The summed E-state index contributed by atoms with van der Waals surface area (Å²) in [6, 6.07) is 13.9. The summed E-state index contributed by atoms with van der Waals surface area (Å²) in [6.07, 6.45) is 1.20. The molecule has 0 saturated carbocycles. The zero-order valence-corrected chi connectivity index (χ0v) is 17.0. The van der Waals surface area contributed by atoms with E-state index in [1.807, 2.05) is 13.0 Å². The summed E-state index contributed by atoms with van der Waals surface area (Å²) < 4.78 is 27.4. The zero-order valence-electron chi connectivity index (χ0n) is 16.2. The Balaban J connectivity index is 1.57. The van der Waals surface area contributed by atoms with Crippen LogP contribution in [0.15, 0.2) is 53.4 Å². The van der Waals surface area contributed by atoms with Crippen LogP contribution < -0.4 is 10.2 Å². The van der Waals surface area contributed by atoms with Crippen molar-refractivity contribution in [2.24, 2.45) is 5.92 Å². The highest BCUT2D eigenvalue weighted by Crippen LogP contribution is 2.32. The van der Waals surface area contributed by atoms with Gasteiger partial charge in [0, 0.05) is 13.1 Å². The third kappa shape index (κ3) is 3.77. The molecule has 2 aromatic carbocycles. The van der Waals surface area contributed by atoms with Crippen molar-refractivity contribution in [1.82, 2.24) is 4.31 Å². The first kappa shape index (κ1) is 19.6. The quantitative estimate of drug-likeness (QED) is 0.837. The molecule has 4 rings (SSSR count). The molecule has 0 spiro atoms. The molecule has 29 heavy (non-hydrogen) atoms. The zero-order chi connectivity index (χ0) is 20.6. The predicted octanol–water partition coefficient (Wildman–Crippen LogP) is 2.38. The number of hydrogen-bond acceptors (Lipinski definition) is 4. The molecule has 0 radical (unpaired) electrons. The Morgan fingerprint density at radius 3 is 2.59 bits per heavy atom. The molecule has 1 saturated heterocycles.